The number of nitrogens with zero attached hydrogens (tertiary/aromatic N) is 1. The van der Waals surface area contributed by atoms with Crippen LogP contribution in [0.5, 0.6) is 0 Å². The van der Waals surface area contributed by atoms with Crippen molar-refractivity contribution in [2.75, 3.05) is 5.73 Å². The molecule has 0 amide bonds. The van der Waals surface area contributed by atoms with E-state index in [1.54, 1.807) is 13.8 Å². The number of thioether (sulfide) groups is 1. The summed E-state index contributed by atoms with van der Waals surface area (Å²) >= 11 is 1.31. The average molecular weight is 313 g/mol. The molecule has 3 rings (SSSR count). The van der Waals surface area contributed by atoms with Gasteiger partial charge < -0.3 is 16.6 Å². The molecule has 1 heterocycles. The third-order valence-electron chi connectivity index (χ3n) is 4.57. The number of anilines is 1. The number of halogens is 2. The van der Waals surface area contributed by atoms with Gasteiger partial charge in [0.05, 0.1) is 16.4 Å². The maximum Gasteiger partial charge on any atom is 0.164 e. The SMILES string of the molecule is C[C@@H](O)[C@]12C[C@H]1[C@@](C)(c1cc(N)cc(F)c1F)N=C(N)S2. The highest BCUT2D eigenvalue weighted by Crippen LogP contribution is 2.67. The summed E-state index contributed by atoms with van der Waals surface area (Å²) in [5.74, 6) is -2.07. The zero-order chi connectivity index (χ0) is 15.6. The van der Waals surface area contributed by atoms with Crippen LogP contribution in [0.2, 0.25) is 0 Å². The van der Waals surface area contributed by atoms with E-state index in [9.17, 15) is 13.9 Å². The number of aliphatic hydroxyl groups is 1. The van der Waals surface area contributed by atoms with E-state index in [2.05, 4.69) is 4.99 Å². The van der Waals surface area contributed by atoms with E-state index in [-0.39, 0.29) is 22.3 Å². The Bertz CT molecular complexity index is 651. The van der Waals surface area contributed by atoms with Gasteiger partial charge in [-0.05, 0) is 32.4 Å². The van der Waals surface area contributed by atoms with E-state index in [4.69, 9.17) is 11.5 Å². The minimum Gasteiger partial charge on any atom is -0.399 e. The van der Waals surface area contributed by atoms with Gasteiger partial charge in [0.25, 0.3) is 0 Å². The molecular weight excluding hydrogens is 296 g/mol. The van der Waals surface area contributed by atoms with Crippen molar-refractivity contribution in [1.82, 2.24) is 0 Å². The predicted molar refractivity (Wildman–Crippen MR) is 79.9 cm³/mol. The standard InChI is InChI=1S/C14H17F2N3OS/c1-6(20)14-5-10(14)13(2,19-12(18)21-14)8-3-7(17)4-9(15)11(8)16/h3-4,6,10,20H,5,17H2,1-2H3,(H2,18,19)/t6-,10+,13-,14-/m1/s1. The summed E-state index contributed by atoms with van der Waals surface area (Å²) in [7, 11) is 0. The van der Waals surface area contributed by atoms with E-state index in [0.29, 0.717) is 6.42 Å². The molecule has 1 aliphatic carbocycles. The van der Waals surface area contributed by atoms with Crippen LogP contribution in [-0.4, -0.2) is 21.1 Å². The highest BCUT2D eigenvalue weighted by Gasteiger charge is 2.68. The zero-order valence-electron chi connectivity index (χ0n) is 11.7. The van der Waals surface area contributed by atoms with E-state index in [0.717, 1.165) is 6.07 Å². The van der Waals surface area contributed by atoms with Crippen LogP contribution in [0.4, 0.5) is 14.5 Å². The van der Waals surface area contributed by atoms with Crippen LogP contribution in [0.1, 0.15) is 25.8 Å². The van der Waals surface area contributed by atoms with Crippen molar-refractivity contribution in [2.24, 2.45) is 16.6 Å². The van der Waals surface area contributed by atoms with Crippen LogP contribution < -0.4 is 11.5 Å². The van der Waals surface area contributed by atoms with Gasteiger partial charge in [0.2, 0.25) is 0 Å². The van der Waals surface area contributed by atoms with Crippen molar-refractivity contribution in [3.05, 3.63) is 29.3 Å². The van der Waals surface area contributed by atoms with Crippen molar-refractivity contribution in [3.63, 3.8) is 0 Å². The Morgan fingerprint density at radius 3 is 2.71 bits per heavy atom. The largest absolute Gasteiger partial charge is 0.399 e. The van der Waals surface area contributed by atoms with Gasteiger partial charge in [-0.3, -0.25) is 4.99 Å². The molecule has 4 atom stereocenters. The minimum atomic E-state index is -1.02. The fourth-order valence-electron chi connectivity index (χ4n) is 3.34. The van der Waals surface area contributed by atoms with Crippen molar-refractivity contribution in [3.8, 4) is 0 Å². The number of aliphatic hydroxyl groups excluding tert-OH is 1. The van der Waals surface area contributed by atoms with Crippen molar-refractivity contribution < 1.29 is 13.9 Å². The lowest BCUT2D eigenvalue weighted by atomic mass is 9.84. The first kappa shape index (κ1) is 14.6. The molecule has 1 aromatic rings. The summed E-state index contributed by atoms with van der Waals surface area (Å²) in [4.78, 5) is 4.36. The van der Waals surface area contributed by atoms with Gasteiger partial charge in [0.15, 0.2) is 16.8 Å². The van der Waals surface area contributed by atoms with Crippen LogP contribution in [0.25, 0.3) is 0 Å². The van der Waals surface area contributed by atoms with Gasteiger partial charge in [-0.25, -0.2) is 8.78 Å². The van der Waals surface area contributed by atoms with Crippen LogP contribution in [0.15, 0.2) is 17.1 Å². The molecule has 0 bridgehead atoms. The minimum absolute atomic E-state index is 0.0933. The third kappa shape index (κ3) is 1.94. The monoisotopic (exact) mass is 313 g/mol. The molecule has 2 aliphatic rings. The first-order valence-electron chi connectivity index (χ1n) is 6.68. The lowest BCUT2D eigenvalue weighted by Crippen LogP contribution is -2.40. The molecule has 114 valence electrons. The number of fused-ring (bicyclic) bond motifs is 1. The molecule has 5 N–H and O–H groups in total. The fourth-order valence-corrected chi connectivity index (χ4v) is 4.76. The zero-order valence-corrected chi connectivity index (χ0v) is 12.5. The molecule has 21 heavy (non-hydrogen) atoms. The number of aliphatic imine (C=N–C) groups is 1. The summed E-state index contributed by atoms with van der Waals surface area (Å²) in [6.07, 6.45) is 0.0288. The Hall–Kier alpha value is -1.34. The first-order chi connectivity index (χ1) is 9.70. The van der Waals surface area contributed by atoms with Gasteiger partial charge in [0, 0.05) is 17.2 Å². The van der Waals surface area contributed by atoms with E-state index >= 15 is 0 Å². The molecule has 1 aromatic carbocycles. The fraction of sp³-hybridized carbons (Fsp3) is 0.500. The van der Waals surface area contributed by atoms with Gasteiger partial charge >= 0.3 is 0 Å². The molecule has 0 aromatic heterocycles. The third-order valence-corrected chi connectivity index (χ3v) is 6.04. The van der Waals surface area contributed by atoms with E-state index in [1.165, 1.54) is 17.8 Å². The number of amidine groups is 1. The normalized spacial score (nSPS) is 35.9. The smallest absolute Gasteiger partial charge is 0.164 e. The predicted octanol–water partition coefficient (Wildman–Crippen LogP) is 1.96. The van der Waals surface area contributed by atoms with Crippen LogP contribution >= 0.6 is 11.8 Å². The topological polar surface area (TPSA) is 84.6 Å². The molecule has 0 radical (unpaired) electrons. The Morgan fingerprint density at radius 1 is 1.43 bits per heavy atom. The number of nitrogen functional groups attached to an aromatic ring is 1. The lowest BCUT2D eigenvalue weighted by Gasteiger charge is -2.35. The van der Waals surface area contributed by atoms with Gasteiger partial charge in [-0.15, -0.1) is 0 Å². The quantitative estimate of drug-likeness (QED) is 0.729. The Kier molecular flexibility index (Phi) is 3.01. The summed E-state index contributed by atoms with van der Waals surface area (Å²) in [5, 5.41) is 10.3. The van der Waals surface area contributed by atoms with Crippen LogP contribution in [0, 0.1) is 17.6 Å². The number of nitrogens with two attached hydrogens (primary N) is 2. The van der Waals surface area contributed by atoms with Gasteiger partial charge in [0.1, 0.15) is 0 Å². The second-order valence-electron chi connectivity index (χ2n) is 5.95. The number of rotatable bonds is 2. The maximum atomic E-state index is 14.2. The molecule has 1 aliphatic heterocycles. The van der Waals surface area contributed by atoms with Gasteiger partial charge in [-0.2, -0.15) is 0 Å². The molecule has 7 heteroatoms. The maximum absolute atomic E-state index is 14.2. The Balaban J connectivity index is 2.16. The second-order valence-corrected chi connectivity index (χ2v) is 7.33. The van der Waals surface area contributed by atoms with Crippen molar-refractivity contribution >= 4 is 22.6 Å². The van der Waals surface area contributed by atoms with E-state index < -0.39 is 28.0 Å². The molecule has 1 fully saturated rings. The Morgan fingerprint density at radius 2 is 2.10 bits per heavy atom. The molecule has 0 spiro atoms. The Labute approximate surface area is 125 Å². The first-order valence-corrected chi connectivity index (χ1v) is 7.50. The molecule has 4 nitrogen and oxygen atoms in total. The van der Waals surface area contributed by atoms with Crippen LogP contribution in [-0.2, 0) is 5.54 Å². The average Bonchev–Trinajstić information content (AvgIpc) is 3.10. The summed E-state index contributed by atoms with van der Waals surface area (Å²) in [6, 6.07) is 2.35. The molecule has 0 saturated heterocycles. The van der Waals surface area contributed by atoms with Crippen molar-refractivity contribution in [1.29, 1.82) is 0 Å². The van der Waals surface area contributed by atoms with Crippen LogP contribution in [0.3, 0.4) is 0 Å². The number of benzene rings is 1. The lowest BCUT2D eigenvalue weighted by molar-refractivity contribution is 0.169. The molecule has 0 unspecified atom stereocenters. The summed E-state index contributed by atoms with van der Waals surface area (Å²) in [6.45, 7) is 3.40. The highest BCUT2D eigenvalue weighted by atomic mass is 32.2. The summed E-state index contributed by atoms with van der Waals surface area (Å²) < 4.78 is 27.4. The van der Waals surface area contributed by atoms with Crippen molar-refractivity contribution in [2.45, 2.75) is 36.7 Å². The number of hydrogen-bond acceptors (Lipinski definition) is 5. The molecule has 1 saturated carbocycles. The van der Waals surface area contributed by atoms with E-state index in [1.807, 2.05) is 0 Å². The highest BCUT2D eigenvalue weighted by molar-refractivity contribution is 8.15. The molecular formula is C14H17F2N3OS. The summed E-state index contributed by atoms with van der Waals surface area (Å²) in [5.41, 5.74) is 10.7. The number of hydrogen-bond donors (Lipinski definition) is 3. The van der Waals surface area contributed by atoms with Gasteiger partial charge in [-0.1, -0.05) is 11.8 Å². The second kappa shape index (κ2) is 4.33.